The third-order valence-electron chi connectivity index (χ3n) is 4.19. The lowest BCUT2D eigenvalue weighted by atomic mass is 9.96. The molecule has 2 atom stereocenters. The van der Waals surface area contributed by atoms with Crippen molar-refractivity contribution in [3.8, 4) is 0 Å². The van der Waals surface area contributed by atoms with E-state index in [-0.39, 0.29) is 12.1 Å². The molecule has 2 heterocycles. The van der Waals surface area contributed by atoms with Gasteiger partial charge in [0.1, 0.15) is 5.82 Å². The first-order valence-corrected chi connectivity index (χ1v) is 7.69. The summed E-state index contributed by atoms with van der Waals surface area (Å²) in [6.45, 7) is 4.12. The van der Waals surface area contributed by atoms with E-state index in [9.17, 15) is 4.79 Å². The predicted octanol–water partition coefficient (Wildman–Crippen LogP) is 1.71. The molecule has 0 radical (unpaired) electrons. The molecule has 22 heavy (non-hydrogen) atoms. The van der Waals surface area contributed by atoms with Crippen molar-refractivity contribution in [1.82, 2.24) is 15.2 Å². The first-order chi connectivity index (χ1) is 10.5. The van der Waals surface area contributed by atoms with Gasteiger partial charge < -0.3 is 19.9 Å². The molecule has 6 nitrogen and oxygen atoms in total. The number of hydrogen-bond donors (Lipinski definition) is 1. The fraction of sp³-hybridized carbons (Fsp3) is 0.625. The van der Waals surface area contributed by atoms with Crippen molar-refractivity contribution in [3.05, 3.63) is 23.9 Å². The lowest BCUT2D eigenvalue weighted by Crippen LogP contribution is -2.50. The summed E-state index contributed by atoms with van der Waals surface area (Å²) in [5, 5.41) is 2.98. The van der Waals surface area contributed by atoms with Gasteiger partial charge in [-0.2, -0.15) is 0 Å². The Morgan fingerprint density at radius 1 is 1.55 bits per heavy atom. The van der Waals surface area contributed by atoms with Gasteiger partial charge in [0.05, 0.1) is 6.10 Å². The van der Waals surface area contributed by atoms with Crippen LogP contribution in [0.5, 0.6) is 0 Å². The zero-order chi connectivity index (χ0) is 16.1. The van der Waals surface area contributed by atoms with Gasteiger partial charge in [-0.3, -0.25) is 0 Å². The highest BCUT2D eigenvalue weighted by Gasteiger charge is 2.28. The second kappa shape index (κ2) is 7.45. The van der Waals surface area contributed by atoms with Crippen molar-refractivity contribution >= 4 is 11.8 Å². The van der Waals surface area contributed by atoms with Gasteiger partial charge in [-0.15, -0.1) is 0 Å². The first-order valence-electron chi connectivity index (χ1n) is 7.69. The molecule has 2 unspecified atom stereocenters. The summed E-state index contributed by atoms with van der Waals surface area (Å²) in [5.41, 5.74) is 1.04. The number of hydrogen-bond acceptors (Lipinski definition) is 4. The van der Waals surface area contributed by atoms with Crippen LogP contribution in [0.2, 0.25) is 0 Å². The van der Waals surface area contributed by atoms with Crippen LogP contribution in [0.1, 0.15) is 18.9 Å². The minimum Gasteiger partial charge on any atom is -0.379 e. The quantitative estimate of drug-likeness (QED) is 0.920. The Balaban J connectivity index is 1.89. The number of likely N-dealkylation sites (tertiary alicyclic amines) is 1. The largest absolute Gasteiger partial charge is 0.379 e. The second-order valence-corrected chi connectivity index (χ2v) is 6.06. The molecule has 0 spiro atoms. The molecule has 1 aromatic rings. The standard InChI is InChI=1S/C16H26N4O2/c1-12-6-8-20(11-14(12)22-4)16(21)18-10-13-5-7-17-15(9-13)19(2)3/h5,7,9,12,14H,6,8,10-11H2,1-4H3,(H,18,21). The Labute approximate surface area is 132 Å². The predicted molar refractivity (Wildman–Crippen MR) is 87.0 cm³/mol. The van der Waals surface area contributed by atoms with E-state index in [0.29, 0.717) is 19.0 Å². The maximum Gasteiger partial charge on any atom is 0.317 e. The third-order valence-corrected chi connectivity index (χ3v) is 4.19. The van der Waals surface area contributed by atoms with Crippen LogP contribution in [0, 0.1) is 5.92 Å². The number of nitrogens with zero attached hydrogens (tertiary/aromatic N) is 3. The van der Waals surface area contributed by atoms with E-state index in [2.05, 4.69) is 17.2 Å². The topological polar surface area (TPSA) is 57.7 Å². The van der Waals surface area contributed by atoms with Gasteiger partial charge in [-0.05, 0) is 30.0 Å². The summed E-state index contributed by atoms with van der Waals surface area (Å²) in [6, 6.07) is 3.87. The lowest BCUT2D eigenvalue weighted by Gasteiger charge is -2.36. The summed E-state index contributed by atoms with van der Waals surface area (Å²) in [7, 11) is 5.61. The van der Waals surface area contributed by atoms with Crippen LogP contribution in [0.15, 0.2) is 18.3 Å². The van der Waals surface area contributed by atoms with E-state index in [1.165, 1.54) is 0 Å². The molecule has 1 fully saturated rings. The maximum atomic E-state index is 12.3. The van der Waals surface area contributed by atoms with Gasteiger partial charge in [0.25, 0.3) is 0 Å². The molecule has 1 saturated heterocycles. The first kappa shape index (κ1) is 16.5. The van der Waals surface area contributed by atoms with Crippen LogP contribution in [0.3, 0.4) is 0 Å². The van der Waals surface area contributed by atoms with Crippen LogP contribution in [-0.2, 0) is 11.3 Å². The van der Waals surface area contributed by atoms with Crippen molar-refractivity contribution in [2.24, 2.45) is 5.92 Å². The summed E-state index contributed by atoms with van der Waals surface area (Å²) < 4.78 is 5.45. The monoisotopic (exact) mass is 306 g/mol. The molecular formula is C16H26N4O2. The molecule has 1 aromatic heterocycles. The van der Waals surface area contributed by atoms with E-state index in [1.807, 2.05) is 36.0 Å². The number of aromatic nitrogens is 1. The number of anilines is 1. The maximum absolute atomic E-state index is 12.3. The smallest absolute Gasteiger partial charge is 0.317 e. The number of carbonyl (C=O) groups is 1. The van der Waals surface area contributed by atoms with E-state index in [0.717, 1.165) is 24.3 Å². The number of nitrogens with one attached hydrogen (secondary N) is 1. The highest BCUT2D eigenvalue weighted by atomic mass is 16.5. The molecule has 2 rings (SSSR count). The summed E-state index contributed by atoms with van der Waals surface area (Å²) in [5.74, 6) is 1.38. The highest BCUT2D eigenvalue weighted by Crippen LogP contribution is 2.19. The van der Waals surface area contributed by atoms with E-state index >= 15 is 0 Å². The lowest BCUT2D eigenvalue weighted by molar-refractivity contribution is 0.00714. The van der Waals surface area contributed by atoms with E-state index < -0.39 is 0 Å². The zero-order valence-corrected chi connectivity index (χ0v) is 13.9. The molecule has 6 heteroatoms. The number of methoxy groups -OCH3 is 1. The second-order valence-electron chi connectivity index (χ2n) is 6.06. The fourth-order valence-corrected chi connectivity index (χ4v) is 2.63. The molecule has 0 aromatic carbocycles. The number of piperidine rings is 1. The van der Waals surface area contributed by atoms with Crippen molar-refractivity contribution in [2.75, 3.05) is 39.2 Å². The Bertz CT molecular complexity index is 507. The van der Waals surface area contributed by atoms with Crippen LogP contribution in [0.4, 0.5) is 10.6 Å². The van der Waals surface area contributed by atoms with Crippen LogP contribution < -0.4 is 10.2 Å². The number of ether oxygens (including phenoxy) is 1. The van der Waals surface area contributed by atoms with E-state index in [1.54, 1.807) is 13.3 Å². The van der Waals surface area contributed by atoms with Gasteiger partial charge in [0.15, 0.2) is 0 Å². The number of urea groups is 1. The summed E-state index contributed by atoms with van der Waals surface area (Å²) in [6.07, 6.45) is 2.87. The molecule has 122 valence electrons. The van der Waals surface area contributed by atoms with Crippen molar-refractivity contribution in [1.29, 1.82) is 0 Å². The minimum atomic E-state index is -0.0304. The Morgan fingerprint density at radius 2 is 2.32 bits per heavy atom. The molecule has 1 N–H and O–H groups in total. The van der Waals surface area contributed by atoms with Crippen molar-refractivity contribution in [3.63, 3.8) is 0 Å². The molecule has 2 amide bonds. The Morgan fingerprint density at radius 3 is 3.00 bits per heavy atom. The average Bonchev–Trinajstić information content (AvgIpc) is 2.53. The van der Waals surface area contributed by atoms with Gasteiger partial charge in [-0.25, -0.2) is 9.78 Å². The number of pyridine rings is 1. The fourth-order valence-electron chi connectivity index (χ4n) is 2.63. The summed E-state index contributed by atoms with van der Waals surface area (Å²) >= 11 is 0. The van der Waals surface area contributed by atoms with E-state index in [4.69, 9.17) is 4.74 Å². The SMILES string of the molecule is COC1CN(C(=O)NCc2ccnc(N(C)C)c2)CCC1C. The number of rotatable bonds is 4. The molecule has 0 saturated carbocycles. The van der Waals surface area contributed by atoms with Gasteiger partial charge in [0, 0.05) is 47.0 Å². The van der Waals surface area contributed by atoms with Gasteiger partial charge in [-0.1, -0.05) is 6.92 Å². The number of amides is 2. The summed E-state index contributed by atoms with van der Waals surface area (Å²) in [4.78, 5) is 20.3. The Hall–Kier alpha value is -1.82. The molecule has 0 bridgehead atoms. The number of carbonyl (C=O) groups excluding carboxylic acids is 1. The molecular weight excluding hydrogens is 280 g/mol. The normalized spacial score (nSPS) is 21.5. The average molecular weight is 306 g/mol. The van der Waals surface area contributed by atoms with Gasteiger partial charge in [0.2, 0.25) is 0 Å². The molecule has 1 aliphatic rings. The molecule has 1 aliphatic heterocycles. The van der Waals surface area contributed by atoms with Crippen LogP contribution in [-0.4, -0.2) is 56.3 Å². The zero-order valence-electron chi connectivity index (χ0n) is 13.9. The van der Waals surface area contributed by atoms with Crippen molar-refractivity contribution in [2.45, 2.75) is 26.0 Å². The van der Waals surface area contributed by atoms with Crippen molar-refractivity contribution < 1.29 is 9.53 Å². The van der Waals surface area contributed by atoms with Crippen LogP contribution in [0.25, 0.3) is 0 Å². The van der Waals surface area contributed by atoms with Gasteiger partial charge >= 0.3 is 6.03 Å². The molecule has 0 aliphatic carbocycles. The highest BCUT2D eigenvalue weighted by molar-refractivity contribution is 5.74. The van der Waals surface area contributed by atoms with Crippen LogP contribution >= 0.6 is 0 Å². The Kier molecular flexibility index (Phi) is 5.60. The minimum absolute atomic E-state index is 0.0304. The third kappa shape index (κ3) is 4.10.